The zero-order valence-electron chi connectivity index (χ0n) is 14.5. The summed E-state index contributed by atoms with van der Waals surface area (Å²) in [7, 11) is -3.15. The Morgan fingerprint density at radius 3 is 2.59 bits per heavy atom. The van der Waals surface area contributed by atoms with Crippen LogP contribution in [0.25, 0.3) is 23.0 Å². The van der Waals surface area contributed by atoms with E-state index in [1.54, 1.807) is 29.1 Å². The molecule has 2 aromatic heterocycles. The number of nitrogens with zero attached hydrogens (tertiary/aromatic N) is 6. The van der Waals surface area contributed by atoms with Gasteiger partial charge in [-0.2, -0.15) is 0 Å². The van der Waals surface area contributed by atoms with Crippen LogP contribution in [0.5, 0.6) is 0 Å². The van der Waals surface area contributed by atoms with Crippen molar-refractivity contribution < 1.29 is 12.8 Å². The third kappa shape index (κ3) is 3.87. The summed E-state index contributed by atoms with van der Waals surface area (Å²) in [6.45, 7) is 0.941. The number of aromatic nitrogens is 5. The minimum Gasteiger partial charge on any atom is -0.414 e. The van der Waals surface area contributed by atoms with Gasteiger partial charge in [0.05, 0.1) is 18.5 Å². The summed E-state index contributed by atoms with van der Waals surface area (Å²) in [5.74, 6) is 0.619. The second kappa shape index (κ2) is 7.02. The largest absolute Gasteiger partial charge is 0.414 e. The number of rotatable bonds is 4. The third-order valence-electron chi connectivity index (χ3n) is 4.49. The van der Waals surface area contributed by atoms with Gasteiger partial charge in [0.25, 0.3) is 5.89 Å². The highest BCUT2D eigenvalue weighted by molar-refractivity contribution is 7.88. The third-order valence-corrected chi connectivity index (χ3v) is 6.03. The van der Waals surface area contributed by atoms with Gasteiger partial charge < -0.3 is 4.42 Å². The molecule has 0 radical (unpaired) electrons. The van der Waals surface area contributed by atoms with E-state index in [0.717, 1.165) is 5.56 Å². The number of hydrogen-bond acceptors (Lipinski definition) is 7. The highest BCUT2D eigenvalue weighted by Gasteiger charge is 2.27. The molecule has 0 amide bonds. The molecule has 1 fully saturated rings. The number of benzene rings is 1. The van der Waals surface area contributed by atoms with Gasteiger partial charge >= 0.3 is 0 Å². The van der Waals surface area contributed by atoms with Gasteiger partial charge in [-0.1, -0.05) is 22.9 Å². The van der Waals surface area contributed by atoms with Gasteiger partial charge in [-0.25, -0.2) is 17.4 Å². The first-order chi connectivity index (χ1) is 12.9. The Kier molecular flexibility index (Phi) is 4.70. The van der Waals surface area contributed by atoms with Crippen LogP contribution in [-0.4, -0.2) is 57.3 Å². The normalized spacial score (nSPS) is 16.7. The Labute approximate surface area is 161 Å². The van der Waals surface area contributed by atoms with E-state index in [2.05, 4.69) is 20.5 Å². The highest BCUT2D eigenvalue weighted by atomic mass is 35.5. The van der Waals surface area contributed by atoms with E-state index >= 15 is 0 Å². The predicted octanol–water partition coefficient (Wildman–Crippen LogP) is 2.25. The van der Waals surface area contributed by atoms with Crippen molar-refractivity contribution in [2.75, 3.05) is 19.3 Å². The van der Waals surface area contributed by atoms with Crippen LogP contribution < -0.4 is 0 Å². The van der Waals surface area contributed by atoms with E-state index in [1.807, 2.05) is 6.07 Å². The molecule has 0 aliphatic carbocycles. The summed E-state index contributed by atoms with van der Waals surface area (Å²) in [6.07, 6.45) is 4.32. The fraction of sp³-hybridized carbons (Fsp3) is 0.375. The van der Waals surface area contributed by atoms with Crippen LogP contribution in [0, 0.1) is 0 Å². The lowest BCUT2D eigenvalue weighted by atomic mass is 10.1. The van der Waals surface area contributed by atoms with Crippen LogP contribution in [0.1, 0.15) is 18.9 Å². The molecule has 0 atom stereocenters. The Morgan fingerprint density at radius 1 is 1.15 bits per heavy atom. The number of piperidine rings is 1. The van der Waals surface area contributed by atoms with Gasteiger partial charge in [0.2, 0.25) is 15.9 Å². The minimum atomic E-state index is -3.15. The maximum absolute atomic E-state index is 11.6. The minimum absolute atomic E-state index is 0.0829. The van der Waals surface area contributed by atoms with E-state index in [1.165, 1.54) is 10.6 Å². The zero-order chi connectivity index (χ0) is 19.0. The summed E-state index contributed by atoms with van der Waals surface area (Å²) in [5.41, 5.74) is 1.20. The van der Waals surface area contributed by atoms with Crippen molar-refractivity contribution in [3.05, 3.63) is 35.5 Å². The molecule has 0 unspecified atom stereocenters. The monoisotopic (exact) mass is 408 g/mol. The van der Waals surface area contributed by atoms with Gasteiger partial charge in [0.1, 0.15) is 0 Å². The first kappa shape index (κ1) is 18.1. The molecule has 0 spiro atoms. The number of hydrogen-bond donors (Lipinski definition) is 0. The van der Waals surface area contributed by atoms with E-state index in [-0.39, 0.29) is 11.9 Å². The molecule has 1 saturated heterocycles. The van der Waals surface area contributed by atoms with E-state index < -0.39 is 10.0 Å². The van der Waals surface area contributed by atoms with Gasteiger partial charge in [-0.3, -0.25) is 0 Å². The average Bonchev–Trinajstić information content (AvgIpc) is 3.31. The Hall–Kier alpha value is -2.30. The molecule has 0 bridgehead atoms. The molecule has 27 heavy (non-hydrogen) atoms. The van der Waals surface area contributed by atoms with Crippen LogP contribution in [0.4, 0.5) is 0 Å². The molecule has 142 valence electrons. The SMILES string of the molecule is CS(=O)(=O)N1CCC(n2cc(-c3nnc(-c4cccc(Cl)c4)o3)nn2)CC1. The summed E-state index contributed by atoms with van der Waals surface area (Å²) in [5, 5.41) is 16.9. The summed E-state index contributed by atoms with van der Waals surface area (Å²) < 4.78 is 32.1. The van der Waals surface area contributed by atoms with Crippen LogP contribution in [-0.2, 0) is 10.0 Å². The zero-order valence-corrected chi connectivity index (χ0v) is 16.1. The second-order valence-corrected chi connectivity index (χ2v) is 8.82. The number of sulfonamides is 1. The Morgan fingerprint density at radius 2 is 1.89 bits per heavy atom. The number of halogens is 1. The van der Waals surface area contributed by atoms with Crippen molar-refractivity contribution in [3.63, 3.8) is 0 Å². The Balaban J connectivity index is 1.49. The van der Waals surface area contributed by atoms with Crippen LogP contribution in [0.15, 0.2) is 34.9 Å². The van der Waals surface area contributed by atoms with E-state index in [0.29, 0.717) is 42.5 Å². The Bertz CT molecular complexity index is 1060. The molecule has 4 rings (SSSR count). The molecular weight excluding hydrogens is 392 g/mol. The smallest absolute Gasteiger partial charge is 0.270 e. The summed E-state index contributed by atoms with van der Waals surface area (Å²) >= 11 is 5.99. The quantitative estimate of drug-likeness (QED) is 0.651. The molecule has 11 heteroatoms. The van der Waals surface area contributed by atoms with Gasteiger partial charge in [-0.15, -0.1) is 15.3 Å². The van der Waals surface area contributed by atoms with Crippen molar-refractivity contribution in [2.24, 2.45) is 0 Å². The molecule has 1 aromatic carbocycles. The molecule has 9 nitrogen and oxygen atoms in total. The highest BCUT2D eigenvalue weighted by Crippen LogP contribution is 2.27. The fourth-order valence-electron chi connectivity index (χ4n) is 3.06. The molecule has 3 heterocycles. The van der Waals surface area contributed by atoms with Gasteiger partial charge in [0.15, 0.2) is 5.69 Å². The van der Waals surface area contributed by atoms with Crippen molar-refractivity contribution in [3.8, 4) is 23.0 Å². The summed E-state index contributed by atoms with van der Waals surface area (Å²) in [6, 6.07) is 7.23. The topological polar surface area (TPSA) is 107 Å². The van der Waals surface area contributed by atoms with E-state index in [9.17, 15) is 8.42 Å². The lowest BCUT2D eigenvalue weighted by Gasteiger charge is -2.29. The lowest BCUT2D eigenvalue weighted by molar-refractivity contribution is 0.259. The first-order valence-corrected chi connectivity index (χ1v) is 10.6. The van der Waals surface area contributed by atoms with Crippen LogP contribution >= 0.6 is 11.6 Å². The van der Waals surface area contributed by atoms with Crippen LogP contribution in [0.3, 0.4) is 0 Å². The predicted molar refractivity (Wildman–Crippen MR) is 98.4 cm³/mol. The van der Waals surface area contributed by atoms with Crippen LogP contribution in [0.2, 0.25) is 5.02 Å². The summed E-state index contributed by atoms with van der Waals surface area (Å²) in [4.78, 5) is 0. The van der Waals surface area contributed by atoms with Gasteiger partial charge in [-0.05, 0) is 31.0 Å². The standard InChI is InChI=1S/C16H17ClN6O3S/c1-27(24,25)22-7-5-13(6-8-22)23-10-14(18-21-23)16-20-19-15(26-16)11-3-2-4-12(17)9-11/h2-4,9-10,13H,5-8H2,1H3. The van der Waals surface area contributed by atoms with Gasteiger partial charge in [0, 0.05) is 23.7 Å². The maximum atomic E-state index is 11.6. The first-order valence-electron chi connectivity index (χ1n) is 8.37. The molecule has 3 aromatic rings. The molecule has 0 saturated carbocycles. The second-order valence-electron chi connectivity index (χ2n) is 6.40. The maximum Gasteiger partial charge on any atom is 0.270 e. The van der Waals surface area contributed by atoms with Crippen molar-refractivity contribution in [1.29, 1.82) is 0 Å². The fourth-order valence-corrected chi connectivity index (χ4v) is 4.12. The van der Waals surface area contributed by atoms with Crippen molar-refractivity contribution >= 4 is 21.6 Å². The average molecular weight is 409 g/mol. The van der Waals surface area contributed by atoms with Crippen molar-refractivity contribution in [1.82, 2.24) is 29.5 Å². The molecule has 1 aliphatic heterocycles. The molecule has 0 N–H and O–H groups in total. The van der Waals surface area contributed by atoms with E-state index in [4.69, 9.17) is 16.0 Å². The van der Waals surface area contributed by atoms with Crippen molar-refractivity contribution in [2.45, 2.75) is 18.9 Å². The lowest BCUT2D eigenvalue weighted by Crippen LogP contribution is -2.38. The molecule has 1 aliphatic rings. The molecular formula is C16H17ClN6O3S.